The number of carbonyl (C=O) groups is 2. The number of halogens is 1. The molecule has 8 nitrogen and oxygen atoms in total. The summed E-state index contributed by atoms with van der Waals surface area (Å²) in [6, 6.07) is 16.9. The normalized spacial score (nSPS) is 12.6. The van der Waals surface area contributed by atoms with Crippen molar-refractivity contribution in [3.05, 3.63) is 89.9 Å². The Morgan fingerprint density at radius 2 is 1.88 bits per heavy atom. The van der Waals surface area contributed by atoms with E-state index in [0.717, 1.165) is 17.7 Å². The SMILES string of the molecule is O=C(NCc1nnc(SCC(=O)N2CCc3ccccc32)n1-c1ccc(F)cc1)c1ccco1. The molecule has 2 aromatic carbocycles. The van der Waals surface area contributed by atoms with E-state index >= 15 is 0 Å². The molecule has 4 aromatic rings. The van der Waals surface area contributed by atoms with Gasteiger partial charge < -0.3 is 14.6 Å². The molecule has 0 saturated carbocycles. The first-order valence-corrected chi connectivity index (χ1v) is 11.6. The van der Waals surface area contributed by atoms with E-state index in [-0.39, 0.29) is 29.8 Å². The lowest BCUT2D eigenvalue weighted by Crippen LogP contribution is -2.30. The molecule has 34 heavy (non-hydrogen) atoms. The second-order valence-electron chi connectivity index (χ2n) is 7.58. The Morgan fingerprint density at radius 3 is 2.68 bits per heavy atom. The Kier molecular flexibility index (Phi) is 6.13. The topological polar surface area (TPSA) is 93.3 Å². The van der Waals surface area contributed by atoms with Gasteiger partial charge in [-0.05, 0) is 54.4 Å². The summed E-state index contributed by atoms with van der Waals surface area (Å²) in [5, 5.41) is 11.7. The number of hydrogen-bond donors (Lipinski definition) is 1. The van der Waals surface area contributed by atoms with E-state index in [4.69, 9.17) is 4.42 Å². The number of rotatable bonds is 7. The number of nitrogens with one attached hydrogen (secondary N) is 1. The van der Waals surface area contributed by atoms with Crippen LogP contribution in [0.1, 0.15) is 21.9 Å². The number of fused-ring (bicyclic) bond motifs is 1. The van der Waals surface area contributed by atoms with Crippen molar-refractivity contribution < 1.29 is 18.4 Å². The zero-order chi connectivity index (χ0) is 23.5. The molecule has 5 rings (SSSR count). The summed E-state index contributed by atoms with van der Waals surface area (Å²) < 4.78 is 20.3. The van der Waals surface area contributed by atoms with E-state index < -0.39 is 5.91 Å². The van der Waals surface area contributed by atoms with Crippen molar-refractivity contribution >= 4 is 29.3 Å². The maximum Gasteiger partial charge on any atom is 0.287 e. The van der Waals surface area contributed by atoms with E-state index in [1.807, 2.05) is 24.3 Å². The summed E-state index contributed by atoms with van der Waals surface area (Å²) in [5.41, 5.74) is 2.72. The van der Waals surface area contributed by atoms with Crippen LogP contribution in [-0.2, 0) is 17.8 Å². The van der Waals surface area contributed by atoms with Crippen LogP contribution in [0.15, 0.2) is 76.5 Å². The number of aromatic nitrogens is 3. The van der Waals surface area contributed by atoms with Gasteiger partial charge in [0.25, 0.3) is 5.91 Å². The van der Waals surface area contributed by atoms with Gasteiger partial charge in [0.1, 0.15) is 5.82 Å². The van der Waals surface area contributed by atoms with Crippen LogP contribution < -0.4 is 10.2 Å². The van der Waals surface area contributed by atoms with Crippen LogP contribution >= 0.6 is 11.8 Å². The molecule has 2 aromatic heterocycles. The number of thioether (sulfide) groups is 1. The number of amides is 2. The molecule has 0 aliphatic carbocycles. The zero-order valence-corrected chi connectivity index (χ0v) is 18.8. The summed E-state index contributed by atoms with van der Waals surface area (Å²) in [7, 11) is 0. The molecule has 2 amide bonds. The fourth-order valence-electron chi connectivity index (χ4n) is 3.81. The second kappa shape index (κ2) is 9.52. The second-order valence-corrected chi connectivity index (χ2v) is 8.53. The summed E-state index contributed by atoms with van der Waals surface area (Å²) in [5.74, 6) is -0.0209. The van der Waals surface area contributed by atoms with Gasteiger partial charge in [0.15, 0.2) is 16.7 Å². The van der Waals surface area contributed by atoms with Gasteiger partial charge in [-0.15, -0.1) is 10.2 Å². The Labute approximate surface area is 198 Å². The predicted octanol–water partition coefficient (Wildman–Crippen LogP) is 3.61. The molecular formula is C24H20FN5O3S. The molecule has 0 saturated heterocycles. The van der Waals surface area contributed by atoms with Gasteiger partial charge in [0.2, 0.25) is 5.91 Å². The Bertz CT molecular complexity index is 1320. The van der Waals surface area contributed by atoms with Crippen molar-refractivity contribution in [3.8, 4) is 5.69 Å². The first kappa shape index (κ1) is 21.9. The molecule has 3 heterocycles. The Morgan fingerprint density at radius 1 is 1.06 bits per heavy atom. The molecule has 10 heteroatoms. The van der Waals surface area contributed by atoms with Crippen molar-refractivity contribution in [1.82, 2.24) is 20.1 Å². The standard InChI is InChI=1S/C24H20FN5O3S/c25-17-7-9-18(10-8-17)30-21(14-26-23(32)20-6-3-13-33-20)27-28-24(30)34-15-22(31)29-12-11-16-4-1-2-5-19(16)29/h1-10,13H,11-12,14-15H2,(H,26,32). The lowest BCUT2D eigenvalue weighted by molar-refractivity contribution is -0.116. The van der Waals surface area contributed by atoms with Crippen molar-refractivity contribution in [1.29, 1.82) is 0 Å². The quantitative estimate of drug-likeness (QED) is 0.409. The van der Waals surface area contributed by atoms with E-state index in [9.17, 15) is 14.0 Å². The van der Waals surface area contributed by atoms with Crippen LogP contribution in [0, 0.1) is 5.82 Å². The monoisotopic (exact) mass is 477 g/mol. The summed E-state index contributed by atoms with van der Waals surface area (Å²) in [6.07, 6.45) is 2.25. The largest absolute Gasteiger partial charge is 0.459 e. The van der Waals surface area contributed by atoms with Crippen molar-refractivity contribution in [3.63, 3.8) is 0 Å². The smallest absolute Gasteiger partial charge is 0.287 e. The van der Waals surface area contributed by atoms with Gasteiger partial charge in [-0.1, -0.05) is 30.0 Å². The molecule has 1 N–H and O–H groups in total. The summed E-state index contributed by atoms with van der Waals surface area (Å²) >= 11 is 1.24. The van der Waals surface area contributed by atoms with Crippen LogP contribution in [0.3, 0.4) is 0 Å². The molecule has 0 atom stereocenters. The molecule has 172 valence electrons. The highest BCUT2D eigenvalue weighted by molar-refractivity contribution is 7.99. The van der Waals surface area contributed by atoms with E-state index in [2.05, 4.69) is 15.5 Å². The van der Waals surface area contributed by atoms with E-state index in [0.29, 0.717) is 23.2 Å². The van der Waals surface area contributed by atoms with Gasteiger partial charge in [0, 0.05) is 17.9 Å². The third kappa shape index (κ3) is 4.44. The average molecular weight is 478 g/mol. The van der Waals surface area contributed by atoms with Gasteiger partial charge in [-0.25, -0.2) is 4.39 Å². The number of anilines is 1. The maximum atomic E-state index is 13.5. The van der Waals surface area contributed by atoms with Gasteiger partial charge in [0.05, 0.1) is 18.6 Å². The van der Waals surface area contributed by atoms with E-state index in [1.54, 1.807) is 33.7 Å². The molecule has 0 radical (unpaired) electrons. The average Bonchev–Trinajstić information content (AvgIpc) is 3.61. The fourth-order valence-corrected chi connectivity index (χ4v) is 4.66. The predicted molar refractivity (Wildman–Crippen MR) is 124 cm³/mol. The van der Waals surface area contributed by atoms with Gasteiger partial charge in [-0.3, -0.25) is 14.2 Å². The molecule has 0 fully saturated rings. The number of para-hydroxylation sites is 1. The summed E-state index contributed by atoms with van der Waals surface area (Å²) in [6.45, 7) is 0.714. The first-order valence-electron chi connectivity index (χ1n) is 10.6. The minimum Gasteiger partial charge on any atom is -0.459 e. The van der Waals surface area contributed by atoms with Crippen molar-refractivity contribution in [2.75, 3.05) is 17.2 Å². The molecule has 0 unspecified atom stereocenters. The van der Waals surface area contributed by atoms with Crippen molar-refractivity contribution in [2.45, 2.75) is 18.1 Å². The van der Waals surface area contributed by atoms with Gasteiger partial charge in [-0.2, -0.15) is 0 Å². The lowest BCUT2D eigenvalue weighted by Gasteiger charge is -2.17. The van der Waals surface area contributed by atoms with Crippen LogP contribution in [0.2, 0.25) is 0 Å². The minimum absolute atomic E-state index is 0.0312. The number of nitrogens with zero attached hydrogens (tertiary/aromatic N) is 4. The van der Waals surface area contributed by atoms with Gasteiger partial charge >= 0.3 is 0 Å². The van der Waals surface area contributed by atoms with E-state index in [1.165, 1.54) is 30.2 Å². The zero-order valence-electron chi connectivity index (χ0n) is 18.0. The highest BCUT2D eigenvalue weighted by Gasteiger charge is 2.25. The third-order valence-electron chi connectivity index (χ3n) is 5.45. The minimum atomic E-state index is -0.393. The molecule has 0 spiro atoms. The molecule has 0 bridgehead atoms. The third-order valence-corrected chi connectivity index (χ3v) is 6.36. The fraction of sp³-hybridized carbons (Fsp3) is 0.167. The van der Waals surface area contributed by atoms with Crippen molar-refractivity contribution in [2.24, 2.45) is 0 Å². The Hall–Kier alpha value is -3.92. The molecule has 1 aliphatic heterocycles. The van der Waals surface area contributed by atoms with Crippen LogP contribution in [0.5, 0.6) is 0 Å². The molecular weight excluding hydrogens is 457 g/mol. The number of carbonyl (C=O) groups excluding carboxylic acids is 2. The Balaban J connectivity index is 1.34. The number of benzene rings is 2. The maximum absolute atomic E-state index is 13.5. The first-order chi connectivity index (χ1) is 16.6. The lowest BCUT2D eigenvalue weighted by atomic mass is 10.2. The molecule has 1 aliphatic rings. The summed E-state index contributed by atoms with van der Waals surface area (Å²) in [4.78, 5) is 27.0. The van der Waals surface area contributed by atoms with Crippen LogP contribution in [0.25, 0.3) is 5.69 Å². The number of hydrogen-bond acceptors (Lipinski definition) is 6. The number of furan rings is 1. The highest BCUT2D eigenvalue weighted by atomic mass is 32.2. The highest BCUT2D eigenvalue weighted by Crippen LogP contribution is 2.29. The van der Waals surface area contributed by atoms with Crippen LogP contribution in [0.4, 0.5) is 10.1 Å². The van der Waals surface area contributed by atoms with Crippen LogP contribution in [-0.4, -0.2) is 38.9 Å².